The fraction of sp³-hybridized carbons (Fsp3) is 0.444. The monoisotopic (exact) mass is 482 g/mol. The van der Waals surface area contributed by atoms with E-state index in [-0.39, 0.29) is 38.0 Å². The first-order chi connectivity index (χ1) is 16.5. The number of ether oxygens (including phenoxy) is 2. The Hall–Kier alpha value is -3.39. The molecule has 0 bridgehead atoms. The highest BCUT2D eigenvalue weighted by Crippen LogP contribution is 2.44. The fourth-order valence-corrected chi connectivity index (χ4v) is 4.05. The van der Waals surface area contributed by atoms with Crippen molar-refractivity contribution >= 4 is 18.0 Å². The summed E-state index contributed by atoms with van der Waals surface area (Å²) in [6, 6.07) is 14.7. The van der Waals surface area contributed by atoms with E-state index >= 15 is 0 Å². The van der Waals surface area contributed by atoms with Crippen molar-refractivity contribution in [2.24, 2.45) is 0 Å². The Balaban J connectivity index is 1.64. The first kappa shape index (κ1) is 26.2. The highest BCUT2D eigenvalue weighted by atomic mass is 16.5. The molecule has 188 valence electrons. The lowest BCUT2D eigenvalue weighted by Crippen LogP contribution is -2.52. The first-order valence-electron chi connectivity index (χ1n) is 11.8. The molecule has 0 spiro atoms. The van der Waals surface area contributed by atoms with Gasteiger partial charge in [-0.3, -0.25) is 9.59 Å². The average molecular weight is 483 g/mol. The van der Waals surface area contributed by atoms with Gasteiger partial charge in [0.15, 0.2) is 0 Å². The maximum atomic E-state index is 12.8. The number of carboxylic acids is 1. The number of aliphatic carboxylic acids is 1. The molecule has 8 heteroatoms. The van der Waals surface area contributed by atoms with Gasteiger partial charge in [0, 0.05) is 18.4 Å². The highest BCUT2D eigenvalue weighted by molar-refractivity contribution is 5.86. The normalized spacial score (nSPS) is 14.4. The van der Waals surface area contributed by atoms with Gasteiger partial charge >= 0.3 is 12.1 Å². The van der Waals surface area contributed by atoms with E-state index in [4.69, 9.17) is 14.6 Å². The third kappa shape index (κ3) is 7.29. The average Bonchev–Trinajstić information content (AvgIpc) is 3.12. The van der Waals surface area contributed by atoms with Crippen LogP contribution in [0.4, 0.5) is 4.79 Å². The minimum atomic E-state index is -0.989. The van der Waals surface area contributed by atoms with Crippen molar-refractivity contribution in [1.82, 2.24) is 10.6 Å². The fourth-order valence-electron chi connectivity index (χ4n) is 4.05. The molecule has 0 heterocycles. The Morgan fingerprint density at radius 1 is 0.971 bits per heavy atom. The smallest absolute Gasteiger partial charge is 0.407 e. The Bertz CT molecular complexity index is 1020. The molecule has 2 atom stereocenters. The molecule has 2 aromatic carbocycles. The van der Waals surface area contributed by atoms with Gasteiger partial charge in [-0.15, -0.1) is 0 Å². The second-order valence-corrected chi connectivity index (χ2v) is 9.79. The van der Waals surface area contributed by atoms with Crippen LogP contribution in [-0.4, -0.2) is 54.0 Å². The molecule has 35 heavy (non-hydrogen) atoms. The third-order valence-corrected chi connectivity index (χ3v) is 5.82. The standard InChI is InChI=1S/C27H34N2O6/c1-17(13-14-24(30)31)28-25(32)23(16-35-27(2,3)4)29-26(33)34-15-22-20-11-7-5-9-18(20)19-10-6-8-12-21(19)22/h5-12,17,22-23H,13-16H2,1-4H3,(H,28,32)(H,29,33)(H,30,31)/t17?,23-/m0/s1. The Morgan fingerprint density at radius 3 is 2.09 bits per heavy atom. The van der Waals surface area contributed by atoms with E-state index in [1.807, 2.05) is 57.2 Å². The van der Waals surface area contributed by atoms with Crippen LogP contribution in [0, 0.1) is 0 Å². The number of fused-ring (bicyclic) bond motifs is 3. The van der Waals surface area contributed by atoms with Crippen molar-refractivity contribution in [2.45, 2.75) is 64.1 Å². The molecule has 2 amide bonds. The van der Waals surface area contributed by atoms with Crippen molar-refractivity contribution in [2.75, 3.05) is 13.2 Å². The molecule has 0 radical (unpaired) electrons. The lowest BCUT2D eigenvalue weighted by molar-refractivity contribution is -0.137. The van der Waals surface area contributed by atoms with E-state index in [1.54, 1.807) is 6.92 Å². The van der Waals surface area contributed by atoms with E-state index in [0.29, 0.717) is 0 Å². The largest absolute Gasteiger partial charge is 0.481 e. The van der Waals surface area contributed by atoms with Crippen LogP contribution in [0.3, 0.4) is 0 Å². The van der Waals surface area contributed by atoms with Gasteiger partial charge in [-0.25, -0.2) is 4.79 Å². The van der Waals surface area contributed by atoms with Crippen LogP contribution in [0.25, 0.3) is 11.1 Å². The molecule has 3 N–H and O–H groups in total. The minimum absolute atomic E-state index is 0.0504. The predicted molar refractivity (Wildman–Crippen MR) is 132 cm³/mol. The van der Waals surface area contributed by atoms with E-state index in [1.165, 1.54) is 0 Å². The van der Waals surface area contributed by atoms with Crippen LogP contribution in [0.2, 0.25) is 0 Å². The number of carbonyl (C=O) groups is 3. The number of hydrogen-bond acceptors (Lipinski definition) is 5. The summed E-state index contributed by atoms with van der Waals surface area (Å²) in [7, 11) is 0. The maximum Gasteiger partial charge on any atom is 0.407 e. The molecule has 0 fully saturated rings. The quantitative estimate of drug-likeness (QED) is 0.470. The zero-order valence-electron chi connectivity index (χ0n) is 20.7. The number of amides is 2. The van der Waals surface area contributed by atoms with Gasteiger partial charge in [-0.05, 0) is 56.4 Å². The van der Waals surface area contributed by atoms with Crippen molar-refractivity contribution in [3.63, 3.8) is 0 Å². The van der Waals surface area contributed by atoms with Crippen LogP contribution in [0.1, 0.15) is 57.6 Å². The summed E-state index contributed by atoms with van der Waals surface area (Å²) in [6.45, 7) is 7.35. The van der Waals surface area contributed by atoms with Crippen LogP contribution in [-0.2, 0) is 19.1 Å². The van der Waals surface area contributed by atoms with E-state index in [2.05, 4.69) is 22.8 Å². The summed E-state index contributed by atoms with van der Waals surface area (Å²) in [5.41, 5.74) is 3.93. The topological polar surface area (TPSA) is 114 Å². The molecular formula is C27H34N2O6. The first-order valence-corrected chi connectivity index (χ1v) is 11.8. The van der Waals surface area contributed by atoms with Crippen molar-refractivity contribution in [1.29, 1.82) is 0 Å². The number of carbonyl (C=O) groups excluding carboxylic acids is 2. The van der Waals surface area contributed by atoms with Crippen molar-refractivity contribution < 1.29 is 29.0 Å². The molecule has 8 nitrogen and oxygen atoms in total. The van der Waals surface area contributed by atoms with Gasteiger partial charge in [0.1, 0.15) is 12.6 Å². The molecule has 0 aromatic heterocycles. The Morgan fingerprint density at radius 2 is 1.54 bits per heavy atom. The highest BCUT2D eigenvalue weighted by Gasteiger charge is 2.30. The molecule has 1 unspecified atom stereocenters. The van der Waals surface area contributed by atoms with E-state index in [0.717, 1.165) is 22.3 Å². The number of nitrogens with one attached hydrogen (secondary N) is 2. The van der Waals surface area contributed by atoms with Crippen molar-refractivity contribution in [3.05, 3.63) is 59.7 Å². The second-order valence-electron chi connectivity index (χ2n) is 9.79. The summed E-state index contributed by atoms with van der Waals surface area (Å²) < 4.78 is 11.3. The summed E-state index contributed by atoms with van der Waals surface area (Å²) >= 11 is 0. The molecule has 2 aromatic rings. The maximum absolute atomic E-state index is 12.8. The van der Waals surface area contributed by atoms with Crippen LogP contribution in [0.5, 0.6) is 0 Å². The third-order valence-electron chi connectivity index (χ3n) is 5.82. The van der Waals surface area contributed by atoms with E-state index in [9.17, 15) is 14.4 Å². The Labute approximate surface area is 206 Å². The molecule has 0 saturated heterocycles. The van der Waals surface area contributed by atoms with Gasteiger partial charge in [0.2, 0.25) is 5.91 Å². The lowest BCUT2D eigenvalue weighted by Gasteiger charge is -2.26. The lowest BCUT2D eigenvalue weighted by atomic mass is 9.98. The zero-order valence-corrected chi connectivity index (χ0v) is 20.7. The summed E-state index contributed by atoms with van der Waals surface area (Å²) in [4.78, 5) is 36.4. The molecular weight excluding hydrogens is 448 g/mol. The molecule has 1 aliphatic rings. The SMILES string of the molecule is CC(CCC(=O)O)NC(=O)[C@H](COC(C)(C)C)NC(=O)OCC1c2ccccc2-c2ccccc21. The second kappa shape index (κ2) is 11.4. The van der Waals surface area contributed by atoms with Crippen LogP contribution >= 0.6 is 0 Å². The molecule has 3 rings (SSSR count). The zero-order chi connectivity index (χ0) is 25.6. The number of carboxylic acid groups (broad SMARTS) is 1. The molecule has 0 aliphatic heterocycles. The summed E-state index contributed by atoms with van der Waals surface area (Å²) in [6.07, 6.45) is -0.508. The van der Waals surface area contributed by atoms with Crippen molar-refractivity contribution in [3.8, 4) is 11.1 Å². The molecule has 0 saturated carbocycles. The van der Waals surface area contributed by atoms with E-state index < -0.39 is 29.6 Å². The van der Waals surface area contributed by atoms with Gasteiger partial charge in [0.05, 0.1) is 12.2 Å². The molecule has 1 aliphatic carbocycles. The van der Waals surface area contributed by atoms with Crippen LogP contribution in [0.15, 0.2) is 48.5 Å². The number of hydrogen-bond donors (Lipinski definition) is 3. The number of alkyl carbamates (subject to hydrolysis) is 1. The van der Waals surface area contributed by atoms with Gasteiger partial charge < -0.3 is 25.2 Å². The van der Waals surface area contributed by atoms with Crippen LogP contribution < -0.4 is 10.6 Å². The summed E-state index contributed by atoms with van der Waals surface area (Å²) in [5, 5.41) is 14.2. The number of benzene rings is 2. The minimum Gasteiger partial charge on any atom is -0.481 e. The predicted octanol–water partition coefficient (Wildman–Crippen LogP) is 4.08. The summed E-state index contributed by atoms with van der Waals surface area (Å²) in [5.74, 6) is -1.49. The number of rotatable bonds is 10. The van der Waals surface area contributed by atoms with Gasteiger partial charge in [-0.2, -0.15) is 0 Å². The Kier molecular flexibility index (Phi) is 8.51. The van der Waals surface area contributed by atoms with Gasteiger partial charge in [-0.1, -0.05) is 48.5 Å². The van der Waals surface area contributed by atoms with Gasteiger partial charge in [0.25, 0.3) is 0 Å².